The zero-order chi connectivity index (χ0) is 14.2. The molecule has 1 aromatic heterocycles. The van der Waals surface area contributed by atoms with Crippen LogP contribution in [-0.2, 0) is 6.54 Å². The molecule has 0 unspecified atom stereocenters. The van der Waals surface area contributed by atoms with E-state index >= 15 is 0 Å². The minimum absolute atomic E-state index is 0.764. The normalized spacial score (nSPS) is 23.6. The van der Waals surface area contributed by atoms with Crippen LogP contribution in [0.1, 0.15) is 36.8 Å². The SMILES string of the molecule is Cc1cc(CNC2CC2)cnc1N1CCN(C2CC2)CC1. The Labute approximate surface area is 127 Å². The van der Waals surface area contributed by atoms with E-state index in [1.807, 2.05) is 0 Å². The highest BCUT2D eigenvalue weighted by molar-refractivity contribution is 5.47. The van der Waals surface area contributed by atoms with Crippen molar-refractivity contribution >= 4 is 5.82 Å². The van der Waals surface area contributed by atoms with E-state index in [0.717, 1.165) is 31.7 Å². The van der Waals surface area contributed by atoms with Crippen molar-refractivity contribution in [2.45, 2.75) is 51.2 Å². The number of hydrogen-bond donors (Lipinski definition) is 1. The smallest absolute Gasteiger partial charge is 0.131 e. The molecule has 0 amide bonds. The topological polar surface area (TPSA) is 31.4 Å². The summed E-state index contributed by atoms with van der Waals surface area (Å²) in [5.74, 6) is 1.20. The average molecular weight is 286 g/mol. The third kappa shape index (κ3) is 3.22. The lowest BCUT2D eigenvalue weighted by molar-refractivity contribution is 0.247. The molecule has 0 bridgehead atoms. The second kappa shape index (κ2) is 5.58. The van der Waals surface area contributed by atoms with Crippen molar-refractivity contribution < 1.29 is 0 Å². The summed E-state index contributed by atoms with van der Waals surface area (Å²) in [4.78, 5) is 9.87. The lowest BCUT2D eigenvalue weighted by Crippen LogP contribution is -2.47. The Morgan fingerprint density at radius 3 is 2.52 bits per heavy atom. The Kier molecular flexibility index (Phi) is 3.59. The molecule has 0 aromatic carbocycles. The fourth-order valence-corrected chi connectivity index (χ4v) is 3.34. The molecular weight excluding hydrogens is 260 g/mol. The zero-order valence-electron chi connectivity index (χ0n) is 13.0. The maximum Gasteiger partial charge on any atom is 0.131 e. The monoisotopic (exact) mass is 286 g/mol. The van der Waals surface area contributed by atoms with Gasteiger partial charge in [-0.2, -0.15) is 0 Å². The first-order valence-corrected chi connectivity index (χ1v) is 8.47. The maximum atomic E-state index is 4.75. The number of piperazine rings is 1. The number of anilines is 1. The van der Waals surface area contributed by atoms with Crippen LogP contribution in [0.5, 0.6) is 0 Å². The molecule has 0 radical (unpaired) electrons. The van der Waals surface area contributed by atoms with E-state index in [9.17, 15) is 0 Å². The van der Waals surface area contributed by atoms with Crippen LogP contribution in [0.15, 0.2) is 12.3 Å². The number of hydrogen-bond acceptors (Lipinski definition) is 4. The first-order valence-electron chi connectivity index (χ1n) is 8.47. The van der Waals surface area contributed by atoms with Gasteiger partial charge in [0, 0.05) is 51.0 Å². The van der Waals surface area contributed by atoms with E-state index in [4.69, 9.17) is 4.98 Å². The second-order valence-electron chi connectivity index (χ2n) is 6.89. The highest BCUT2D eigenvalue weighted by atomic mass is 15.3. The third-order valence-electron chi connectivity index (χ3n) is 4.96. The van der Waals surface area contributed by atoms with Crippen LogP contribution in [0.4, 0.5) is 5.82 Å². The quantitative estimate of drug-likeness (QED) is 0.896. The first-order chi connectivity index (χ1) is 10.3. The largest absolute Gasteiger partial charge is 0.354 e. The standard InChI is InChI=1S/C17H26N4/c1-13-10-14(11-18-15-2-3-15)12-19-17(13)21-8-6-20(7-9-21)16-4-5-16/h10,12,15-16,18H,2-9,11H2,1H3. The number of aryl methyl sites for hydroxylation is 1. The van der Waals surface area contributed by atoms with Crippen LogP contribution in [-0.4, -0.2) is 48.1 Å². The number of nitrogens with zero attached hydrogens (tertiary/aromatic N) is 3. The predicted molar refractivity (Wildman–Crippen MR) is 85.6 cm³/mol. The Balaban J connectivity index is 1.37. The molecule has 21 heavy (non-hydrogen) atoms. The molecular formula is C17H26N4. The van der Waals surface area contributed by atoms with Crippen molar-refractivity contribution in [3.63, 3.8) is 0 Å². The molecule has 2 aliphatic carbocycles. The molecule has 0 spiro atoms. The number of aromatic nitrogens is 1. The Hall–Kier alpha value is -1.13. The van der Waals surface area contributed by atoms with Crippen molar-refractivity contribution in [2.24, 2.45) is 0 Å². The summed E-state index contributed by atoms with van der Waals surface area (Å²) in [6, 6.07) is 3.97. The summed E-state index contributed by atoms with van der Waals surface area (Å²) >= 11 is 0. The van der Waals surface area contributed by atoms with Gasteiger partial charge in [-0.15, -0.1) is 0 Å². The van der Waals surface area contributed by atoms with Crippen molar-refractivity contribution in [1.29, 1.82) is 0 Å². The van der Waals surface area contributed by atoms with Crippen LogP contribution in [0, 0.1) is 6.92 Å². The molecule has 114 valence electrons. The summed E-state index contributed by atoms with van der Waals surface area (Å²) in [5.41, 5.74) is 2.64. The fraction of sp³-hybridized carbons (Fsp3) is 0.706. The van der Waals surface area contributed by atoms with Gasteiger partial charge in [-0.05, 0) is 49.8 Å². The van der Waals surface area contributed by atoms with E-state index < -0.39 is 0 Å². The van der Waals surface area contributed by atoms with Crippen molar-refractivity contribution in [3.05, 3.63) is 23.4 Å². The van der Waals surface area contributed by atoms with Gasteiger partial charge in [0.05, 0.1) is 0 Å². The van der Waals surface area contributed by atoms with Gasteiger partial charge in [-0.1, -0.05) is 0 Å². The number of rotatable bonds is 5. The molecule has 1 saturated heterocycles. The van der Waals surface area contributed by atoms with Crippen LogP contribution < -0.4 is 10.2 Å². The van der Waals surface area contributed by atoms with Crippen LogP contribution in [0.3, 0.4) is 0 Å². The molecule has 2 heterocycles. The summed E-state index contributed by atoms with van der Waals surface area (Å²) < 4.78 is 0. The minimum Gasteiger partial charge on any atom is -0.354 e. The van der Waals surface area contributed by atoms with Crippen LogP contribution >= 0.6 is 0 Å². The van der Waals surface area contributed by atoms with Gasteiger partial charge in [-0.25, -0.2) is 4.98 Å². The van der Waals surface area contributed by atoms with Gasteiger partial charge in [0.15, 0.2) is 0 Å². The van der Waals surface area contributed by atoms with E-state index in [1.54, 1.807) is 0 Å². The minimum atomic E-state index is 0.764. The highest BCUT2D eigenvalue weighted by Crippen LogP contribution is 2.29. The van der Waals surface area contributed by atoms with Gasteiger partial charge in [0.25, 0.3) is 0 Å². The van der Waals surface area contributed by atoms with Crippen molar-refractivity contribution in [2.75, 3.05) is 31.1 Å². The Morgan fingerprint density at radius 2 is 1.90 bits per heavy atom. The lowest BCUT2D eigenvalue weighted by Gasteiger charge is -2.36. The van der Waals surface area contributed by atoms with Crippen molar-refractivity contribution in [3.8, 4) is 0 Å². The molecule has 1 aliphatic heterocycles. The van der Waals surface area contributed by atoms with E-state index in [0.29, 0.717) is 0 Å². The van der Waals surface area contributed by atoms with Gasteiger partial charge in [0.1, 0.15) is 5.82 Å². The number of nitrogens with one attached hydrogen (secondary N) is 1. The van der Waals surface area contributed by atoms with E-state index in [1.165, 1.54) is 55.7 Å². The molecule has 4 heteroatoms. The Morgan fingerprint density at radius 1 is 1.14 bits per heavy atom. The third-order valence-corrected chi connectivity index (χ3v) is 4.96. The van der Waals surface area contributed by atoms with E-state index in [2.05, 4.69) is 34.3 Å². The first kappa shape index (κ1) is 13.5. The summed E-state index contributed by atoms with van der Waals surface area (Å²) in [7, 11) is 0. The van der Waals surface area contributed by atoms with Gasteiger partial charge in [-0.3, -0.25) is 4.90 Å². The second-order valence-corrected chi connectivity index (χ2v) is 6.89. The lowest BCUT2D eigenvalue weighted by atomic mass is 10.1. The predicted octanol–water partition coefficient (Wildman–Crippen LogP) is 1.93. The maximum absolute atomic E-state index is 4.75. The van der Waals surface area contributed by atoms with Crippen molar-refractivity contribution in [1.82, 2.24) is 15.2 Å². The molecule has 4 rings (SSSR count). The summed E-state index contributed by atoms with van der Waals surface area (Å²) in [5, 5.41) is 3.56. The molecule has 1 N–H and O–H groups in total. The van der Waals surface area contributed by atoms with Gasteiger partial charge < -0.3 is 10.2 Å². The fourth-order valence-electron chi connectivity index (χ4n) is 3.34. The molecule has 3 fully saturated rings. The molecule has 4 nitrogen and oxygen atoms in total. The summed E-state index contributed by atoms with van der Waals surface area (Å²) in [6.45, 7) is 7.84. The van der Waals surface area contributed by atoms with Gasteiger partial charge >= 0.3 is 0 Å². The molecule has 2 saturated carbocycles. The van der Waals surface area contributed by atoms with Crippen LogP contribution in [0.2, 0.25) is 0 Å². The summed E-state index contributed by atoms with van der Waals surface area (Å²) in [6.07, 6.45) is 7.58. The average Bonchev–Trinajstić information content (AvgIpc) is 3.39. The Bertz CT molecular complexity index is 500. The highest BCUT2D eigenvalue weighted by Gasteiger charge is 2.31. The van der Waals surface area contributed by atoms with E-state index in [-0.39, 0.29) is 0 Å². The zero-order valence-corrected chi connectivity index (χ0v) is 13.0. The van der Waals surface area contributed by atoms with Crippen LogP contribution in [0.25, 0.3) is 0 Å². The molecule has 3 aliphatic rings. The van der Waals surface area contributed by atoms with Gasteiger partial charge in [0.2, 0.25) is 0 Å². The molecule has 1 aromatic rings. The number of pyridine rings is 1. The molecule has 0 atom stereocenters.